The Kier molecular flexibility index (Phi) is 30.6. The van der Waals surface area contributed by atoms with E-state index in [1.165, 1.54) is 176 Å². The Labute approximate surface area is 847 Å². The summed E-state index contributed by atoms with van der Waals surface area (Å²) in [7, 11) is -1.86. The zero-order valence-electron chi connectivity index (χ0n) is 77.1. The van der Waals surface area contributed by atoms with Crippen LogP contribution in [-0.2, 0) is 10.8 Å². The third-order valence-corrected chi connectivity index (χ3v) is 35.1. The van der Waals surface area contributed by atoms with E-state index in [4.69, 9.17) is 0 Å². The molecule has 0 saturated carbocycles. The number of para-hydroxylation sites is 6. The number of hydrogen-bond donors (Lipinski definition) is 1. The number of aromatic nitrogens is 6. The number of rotatable bonds is 12. The maximum atomic E-state index is 4.49. The molecular formula is C120H98Br4LiN8P3. The third kappa shape index (κ3) is 20.6. The van der Waals surface area contributed by atoms with Crippen molar-refractivity contribution >= 4 is 213 Å². The van der Waals surface area contributed by atoms with Gasteiger partial charge in [-0.05, 0) is 271 Å². The van der Waals surface area contributed by atoms with Crippen LogP contribution in [0.3, 0.4) is 0 Å². The van der Waals surface area contributed by atoms with Gasteiger partial charge in [0, 0.05) is 139 Å². The Morgan fingerprint density at radius 3 is 1.04 bits per heavy atom. The van der Waals surface area contributed by atoms with Crippen molar-refractivity contribution in [1.29, 1.82) is 0 Å². The zero-order valence-corrected chi connectivity index (χ0v) is 86.2. The molecular weight excluding hydrogens is 1970 g/mol. The van der Waals surface area contributed by atoms with Crippen molar-refractivity contribution in [3.05, 3.63) is 512 Å². The van der Waals surface area contributed by atoms with Gasteiger partial charge in [0.2, 0.25) is 0 Å². The molecule has 16 heteroatoms. The molecule has 0 radical (unpaired) electrons. The zero-order chi connectivity index (χ0) is 93.1. The van der Waals surface area contributed by atoms with Crippen LogP contribution in [0.2, 0.25) is 0 Å². The first-order chi connectivity index (χ1) is 65.9. The molecule has 3 atom stereocenters. The molecule has 6 aromatic heterocycles. The van der Waals surface area contributed by atoms with Gasteiger partial charge in [-0.25, -0.2) is 0 Å². The van der Waals surface area contributed by atoms with E-state index in [-0.39, 0.29) is 29.7 Å². The standard InChI is InChI=1S/C45H36N3P.C27H22N2.2C18H15BrNP.C7H6Br.C5H4BrN.Li/c1-31-28-34(49(33-14-5-4-6-15-33)35-16-13-27-46-30-35)24-26-40(31)48-41-20-10-7-17-36(41)37-29-32(23-25-42(37)48)47-43-21-11-8-18-38(43)45(2,3)39-19-9-12-22-44(39)47;1-27(2)21-10-4-7-13-25(21)29(26-14-8-5-11-22(26)27)18-15-16-24-20(17-18)19-9-3-6-12-23(19)28-24;2*1-14-12-16(9-10-18(14)19)21(15-6-3-2-4-7-15)17-8-5-11-20-13-17;1-6-4-2-3-5-7(6)8;6-5-2-1-3-7-4-5;/h4-30H,1-3H3;3-17,28H,1-2H3;2*2-13H,1H3;3-5H,1H3;1-4H;/q;;;;-1;;+1. The van der Waals surface area contributed by atoms with Gasteiger partial charge in [0.1, 0.15) is 0 Å². The average Bonchev–Trinajstić information content (AvgIpc) is 1.30. The molecule has 1 N–H and O–H groups in total. The molecule has 0 fully saturated rings. The van der Waals surface area contributed by atoms with Crippen LogP contribution in [0.5, 0.6) is 0 Å². The van der Waals surface area contributed by atoms with E-state index in [0.29, 0.717) is 0 Å². The van der Waals surface area contributed by atoms with Gasteiger partial charge in [0.15, 0.2) is 0 Å². The van der Waals surface area contributed by atoms with Crippen LogP contribution in [0.15, 0.2) is 462 Å². The molecule has 0 aliphatic carbocycles. The number of aromatic amines is 1. The molecule has 8 nitrogen and oxygen atoms in total. The minimum Gasteiger partial charge on any atom is -0.355 e. The fourth-order valence-electron chi connectivity index (χ4n) is 18.2. The van der Waals surface area contributed by atoms with Crippen LogP contribution in [0, 0.1) is 33.8 Å². The summed E-state index contributed by atoms with van der Waals surface area (Å²) in [5, 5.41) is 16.9. The van der Waals surface area contributed by atoms with E-state index in [2.05, 4.69) is 503 Å². The first kappa shape index (κ1) is 95.6. The summed E-state index contributed by atoms with van der Waals surface area (Å²) in [5.74, 6) is 0. The van der Waals surface area contributed by atoms with Crippen molar-refractivity contribution in [2.45, 2.75) is 66.2 Å². The second-order valence-electron chi connectivity index (χ2n) is 34.3. The summed E-state index contributed by atoms with van der Waals surface area (Å²) >= 11 is 13.8. The molecule has 3 unspecified atom stereocenters. The van der Waals surface area contributed by atoms with Crippen molar-refractivity contribution in [3.8, 4) is 5.69 Å². The van der Waals surface area contributed by atoms with Gasteiger partial charge in [-0.2, -0.15) is 24.3 Å². The van der Waals surface area contributed by atoms with Crippen molar-refractivity contribution in [2.75, 3.05) is 9.80 Å². The summed E-state index contributed by atoms with van der Waals surface area (Å²) < 4.78 is 6.93. The monoisotopic (exact) mass is 2070 g/mol. The number of fused-ring (bicyclic) bond motifs is 10. The van der Waals surface area contributed by atoms with Gasteiger partial charge < -0.3 is 19.4 Å². The number of nitrogens with zero attached hydrogens (tertiary/aromatic N) is 7. The van der Waals surface area contributed by atoms with E-state index in [1.54, 1.807) is 12.4 Å². The van der Waals surface area contributed by atoms with Crippen LogP contribution in [0.25, 0.3) is 49.3 Å². The third-order valence-electron chi connectivity index (χ3n) is 24.8. The Bertz CT molecular complexity index is 7340. The maximum Gasteiger partial charge on any atom is 1.00 e. The summed E-state index contributed by atoms with van der Waals surface area (Å²) in [6.45, 7) is 17.9. The number of pyridine rings is 4. The number of benzene rings is 15. The van der Waals surface area contributed by atoms with E-state index in [1.807, 2.05) is 92.6 Å². The number of anilines is 6. The van der Waals surface area contributed by atoms with Crippen LogP contribution < -0.4 is 76.4 Å². The molecule has 23 rings (SSSR count). The summed E-state index contributed by atoms with van der Waals surface area (Å²) in [5.41, 5.74) is 23.6. The predicted molar refractivity (Wildman–Crippen MR) is 592 cm³/mol. The summed E-state index contributed by atoms with van der Waals surface area (Å²) in [6.07, 6.45) is 15.0. The first-order valence-electron chi connectivity index (χ1n) is 44.9. The smallest absolute Gasteiger partial charge is 0.355 e. The number of hydrogen-bond acceptors (Lipinski definition) is 6. The number of aryl methyl sites for hydroxylation is 4. The topological polar surface area (TPSA) is 78.8 Å². The SMILES string of the molecule is Brc1cccnc1.CC1(C)c2ccccc2N(c2ccc3[nH]c4ccccc4c3c2)c2ccccc21.Cc1c[c-]ccc1Br.Cc1cc(P(c2ccccc2)c2cccnc2)ccc1-n1c2ccccc2c2cc(N3c4ccccc4C(C)(C)c4ccccc43)ccc21.Cc1cc(P(c2ccccc2)c2cccnc2)ccc1Br.Cc1cc(P(c2ccccc2)c2cccnc2)ccc1Br.[Li+]. The summed E-state index contributed by atoms with van der Waals surface area (Å²) in [6, 6.07) is 144. The van der Waals surface area contributed by atoms with Crippen LogP contribution in [-0.4, -0.2) is 29.5 Å². The fraction of sp³-hybridized carbons (Fsp3) is 0.0833. The molecule has 0 saturated heterocycles. The van der Waals surface area contributed by atoms with Crippen LogP contribution >= 0.6 is 87.5 Å². The summed E-state index contributed by atoms with van der Waals surface area (Å²) in [4.78, 5) is 25.3. The molecule has 0 bridgehead atoms. The molecule has 0 spiro atoms. The fourth-order valence-corrected chi connectivity index (χ4v) is 26.2. The minimum atomic E-state index is -0.740. The molecule has 2 aliphatic rings. The van der Waals surface area contributed by atoms with Crippen LogP contribution in [0.1, 0.15) is 72.2 Å². The predicted octanol–water partition coefficient (Wildman–Crippen LogP) is 27.0. The van der Waals surface area contributed by atoms with Crippen molar-refractivity contribution in [1.82, 2.24) is 29.5 Å². The van der Waals surface area contributed by atoms with E-state index in [9.17, 15) is 0 Å². The van der Waals surface area contributed by atoms with E-state index in [0.717, 1.165) is 17.9 Å². The molecule has 8 heterocycles. The second kappa shape index (κ2) is 43.5. The van der Waals surface area contributed by atoms with Gasteiger partial charge in [-0.15, -0.1) is 5.56 Å². The van der Waals surface area contributed by atoms with Crippen LogP contribution in [0.4, 0.5) is 34.1 Å². The normalized spacial score (nSPS) is 12.9. The van der Waals surface area contributed by atoms with Gasteiger partial charge in [-0.1, -0.05) is 323 Å². The molecule has 21 aromatic rings. The van der Waals surface area contributed by atoms with Gasteiger partial charge in [0.05, 0.1) is 33.8 Å². The molecule has 0 amide bonds. The average molecular weight is 2070 g/mol. The van der Waals surface area contributed by atoms with Crippen molar-refractivity contribution in [2.24, 2.45) is 0 Å². The van der Waals surface area contributed by atoms with E-state index >= 15 is 0 Å². The van der Waals surface area contributed by atoms with Gasteiger partial charge in [-0.3, -0.25) is 19.9 Å². The molecule has 15 aromatic carbocycles. The second-order valence-corrected chi connectivity index (χ2v) is 44.4. The maximum absolute atomic E-state index is 4.49. The molecule has 662 valence electrons. The largest absolute Gasteiger partial charge is 1.00 e. The minimum absolute atomic E-state index is 0. The number of nitrogens with one attached hydrogen (secondary N) is 1. The Balaban J connectivity index is 0.000000126. The Morgan fingerprint density at radius 2 is 0.640 bits per heavy atom. The van der Waals surface area contributed by atoms with Crippen molar-refractivity contribution < 1.29 is 18.9 Å². The van der Waals surface area contributed by atoms with Gasteiger partial charge >= 0.3 is 18.9 Å². The molecule has 2 aliphatic heterocycles. The van der Waals surface area contributed by atoms with Crippen molar-refractivity contribution in [3.63, 3.8) is 0 Å². The Morgan fingerprint density at radius 1 is 0.279 bits per heavy atom. The quantitative estimate of drug-likeness (QED) is 0.0746. The number of H-pyrrole nitrogens is 1. The van der Waals surface area contributed by atoms with Gasteiger partial charge in [0.25, 0.3) is 0 Å². The Hall–Kier alpha value is -12.1. The number of halogens is 4. The van der Waals surface area contributed by atoms with E-state index < -0.39 is 23.8 Å². The molecule has 136 heavy (non-hydrogen) atoms. The first-order valence-corrected chi connectivity index (χ1v) is 52.1.